The van der Waals surface area contributed by atoms with Crippen LogP contribution in [0, 0.1) is 5.92 Å². The van der Waals surface area contributed by atoms with Crippen molar-refractivity contribution in [3.63, 3.8) is 0 Å². The Labute approximate surface area is 193 Å². The van der Waals surface area contributed by atoms with Gasteiger partial charge in [0.15, 0.2) is 0 Å². The normalized spacial score (nSPS) is 19.9. The number of amides is 2. The third kappa shape index (κ3) is 4.87. The standard InChI is InChI=1S/C26H30N2O5/c1-2-8-23(24(29)27-22-14-7-13-20(22)25(30)31)28-26(32)33-15-21-18-11-5-3-9-16(18)17-10-4-6-12-19(17)21/h3-6,9-12,20-23H,2,7-8,13-15H2,1H3,(H,27,29)(H,28,32)(H,30,31)/t20-,22+,23?/m1/s1. The summed E-state index contributed by atoms with van der Waals surface area (Å²) in [7, 11) is 0. The molecule has 1 fully saturated rings. The highest BCUT2D eigenvalue weighted by molar-refractivity contribution is 5.86. The van der Waals surface area contributed by atoms with Gasteiger partial charge in [0, 0.05) is 12.0 Å². The molecule has 1 unspecified atom stereocenters. The Morgan fingerprint density at radius 1 is 1.03 bits per heavy atom. The predicted octanol–water partition coefficient (Wildman–Crippen LogP) is 4.06. The van der Waals surface area contributed by atoms with Crippen LogP contribution in [0.15, 0.2) is 48.5 Å². The number of alkyl carbamates (subject to hydrolysis) is 1. The van der Waals surface area contributed by atoms with E-state index in [4.69, 9.17) is 4.74 Å². The van der Waals surface area contributed by atoms with Crippen molar-refractivity contribution in [2.24, 2.45) is 5.92 Å². The van der Waals surface area contributed by atoms with E-state index in [-0.39, 0.29) is 18.4 Å². The number of carbonyl (C=O) groups is 3. The van der Waals surface area contributed by atoms with Crippen molar-refractivity contribution in [2.45, 2.75) is 57.0 Å². The number of carboxylic acid groups (broad SMARTS) is 1. The van der Waals surface area contributed by atoms with Crippen molar-refractivity contribution >= 4 is 18.0 Å². The number of carboxylic acids is 1. The zero-order chi connectivity index (χ0) is 23.4. The van der Waals surface area contributed by atoms with Crippen molar-refractivity contribution in [2.75, 3.05) is 6.61 Å². The summed E-state index contributed by atoms with van der Waals surface area (Å²) in [6.45, 7) is 2.10. The van der Waals surface area contributed by atoms with Crippen LogP contribution < -0.4 is 10.6 Å². The maximum Gasteiger partial charge on any atom is 0.407 e. The average Bonchev–Trinajstić information content (AvgIpc) is 3.40. The number of hydrogen-bond acceptors (Lipinski definition) is 4. The lowest BCUT2D eigenvalue weighted by Gasteiger charge is -2.23. The zero-order valence-electron chi connectivity index (χ0n) is 18.8. The highest BCUT2D eigenvalue weighted by atomic mass is 16.5. The fourth-order valence-electron chi connectivity index (χ4n) is 5.05. The molecule has 4 rings (SSSR count). The van der Waals surface area contributed by atoms with Gasteiger partial charge in [0.1, 0.15) is 12.6 Å². The molecule has 0 spiro atoms. The smallest absolute Gasteiger partial charge is 0.407 e. The van der Waals surface area contributed by atoms with Gasteiger partial charge in [0.25, 0.3) is 0 Å². The molecular weight excluding hydrogens is 420 g/mol. The van der Waals surface area contributed by atoms with E-state index in [1.54, 1.807) is 0 Å². The van der Waals surface area contributed by atoms with Gasteiger partial charge < -0.3 is 20.5 Å². The van der Waals surface area contributed by atoms with Gasteiger partial charge >= 0.3 is 12.1 Å². The van der Waals surface area contributed by atoms with Crippen LogP contribution in [0.2, 0.25) is 0 Å². The fraction of sp³-hybridized carbons (Fsp3) is 0.423. The monoisotopic (exact) mass is 450 g/mol. The molecule has 2 aliphatic carbocycles. The molecule has 0 heterocycles. The molecule has 2 aliphatic rings. The summed E-state index contributed by atoms with van der Waals surface area (Å²) in [6, 6.07) is 15.0. The van der Waals surface area contributed by atoms with Gasteiger partial charge in [-0.3, -0.25) is 9.59 Å². The van der Waals surface area contributed by atoms with E-state index in [0.717, 1.165) is 28.7 Å². The van der Waals surface area contributed by atoms with E-state index in [9.17, 15) is 19.5 Å². The Balaban J connectivity index is 1.38. The summed E-state index contributed by atoms with van der Waals surface area (Å²) in [5.74, 6) is -1.89. The van der Waals surface area contributed by atoms with Gasteiger partial charge in [-0.1, -0.05) is 68.3 Å². The zero-order valence-corrected chi connectivity index (χ0v) is 18.8. The lowest BCUT2D eigenvalue weighted by atomic mass is 9.98. The molecule has 0 bridgehead atoms. The first-order valence-electron chi connectivity index (χ1n) is 11.6. The predicted molar refractivity (Wildman–Crippen MR) is 124 cm³/mol. The van der Waals surface area contributed by atoms with E-state index in [0.29, 0.717) is 25.7 Å². The highest BCUT2D eigenvalue weighted by Gasteiger charge is 2.35. The number of aliphatic carboxylic acids is 1. The molecule has 3 atom stereocenters. The van der Waals surface area contributed by atoms with Crippen LogP contribution in [-0.2, 0) is 14.3 Å². The molecule has 0 aromatic heterocycles. The first-order valence-corrected chi connectivity index (χ1v) is 11.6. The van der Waals surface area contributed by atoms with Gasteiger partial charge in [-0.15, -0.1) is 0 Å². The van der Waals surface area contributed by atoms with Gasteiger partial charge in [-0.2, -0.15) is 0 Å². The molecule has 2 aromatic carbocycles. The lowest BCUT2D eigenvalue weighted by Crippen LogP contribution is -2.51. The van der Waals surface area contributed by atoms with Crippen molar-refractivity contribution in [3.8, 4) is 11.1 Å². The number of ether oxygens (including phenoxy) is 1. The first-order chi connectivity index (χ1) is 16.0. The summed E-state index contributed by atoms with van der Waals surface area (Å²) in [5.41, 5.74) is 4.54. The largest absolute Gasteiger partial charge is 0.481 e. The van der Waals surface area contributed by atoms with Crippen molar-refractivity contribution in [1.29, 1.82) is 0 Å². The minimum Gasteiger partial charge on any atom is -0.481 e. The van der Waals surface area contributed by atoms with Crippen molar-refractivity contribution in [3.05, 3.63) is 59.7 Å². The number of carbonyl (C=O) groups excluding carboxylic acids is 2. The molecule has 3 N–H and O–H groups in total. The molecule has 174 valence electrons. The topological polar surface area (TPSA) is 105 Å². The molecule has 33 heavy (non-hydrogen) atoms. The molecule has 0 radical (unpaired) electrons. The average molecular weight is 451 g/mol. The van der Waals surface area contributed by atoms with Gasteiger partial charge in [0.2, 0.25) is 5.91 Å². The summed E-state index contributed by atoms with van der Waals surface area (Å²) in [4.78, 5) is 36.8. The molecule has 0 saturated heterocycles. The summed E-state index contributed by atoms with van der Waals surface area (Å²) < 4.78 is 5.57. The van der Waals surface area contributed by atoms with Crippen LogP contribution in [0.3, 0.4) is 0 Å². The SMILES string of the molecule is CCCC(NC(=O)OCC1c2ccccc2-c2ccccc21)C(=O)N[C@H]1CCC[C@H]1C(=O)O. The maximum absolute atomic E-state index is 12.8. The molecule has 0 aliphatic heterocycles. The van der Waals surface area contributed by atoms with Crippen LogP contribution in [-0.4, -0.2) is 41.8 Å². The van der Waals surface area contributed by atoms with E-state index < -0.39 is 30.1 Å². The quantitative estimate of drug-likeness (QED) is 0.563. The second-order valence-electron chi connectivity index (χ2n) is 8.80. The third-order valence-electron chi connectivity index (χ3n) is 6.69. The van der Waals surface area contributed by atoms with Gasteiger partial charge in [-0.05, 0) is 41.5 Å². The Kier molecular flexibility index (Phi) is 6.96. The van der Waals surface area contributed by atoms with Crippen LogP contribution >= 0.6 is 0 Å². The second-order valence-corrected chi connectivity index (χ2v) is 8.80. The van der Waals surface area contributed by atoms with E-state index in [1.807, 2.05) is 31.2 Å². The molecule has 2 amide bonds. The molecule has 1 saturated carbocycles. The Hall–Kier alpha value is -3.35. The van der Waals surface area contributed by atoms with E-state index in [2.05, 4.69) is 34.9 Å². The number of nitrogens with one attached hydrogen (secondary N) is 2. The van der Waals surface area contributed by atoms with Crippen LogP contribution in [0.25, 0.3) is 11.1 Å². The summed E-state index contributed by atoms with van der Waals surface area (Å²) in [5, 5.41) is 14.9. The van der Waals surface area contributed by atoms with Crippen LogP contribution in [0.1, 0.15) is 56.1 Å². The fourth-order valence-corrected chi connectivity index (χ4v) is 5.05. The second kappa shape index (κ2) is 10.1. The van der Waals surface area contributed by atoms with Crippen molar-refractivity contribution in [1.82, 2.24) is 10.6 Å². The molecule has 2 aromatic rings. The van der Waals surface area contributed by atoms with Crippen LogP contribution in [0.5, 0.6) is 0 Å². The molecule has 7 nitrogen and oxygen atoms in total. The number of fused-ring (bicyclic) bond motifs is 3. The van der Waals surface area contributed by atoms with E-state index in [1.165, 1.54) is 0 Å². The summed E-state index contributed by atoms with van der Waals surface area (Å²) >= 11 is 0. The Morgan fingerprint density at radius 3 is 2.27 bits per heavy atom. The maximum atomic E-state index is 12.8. The minimum absolute atomic E-state index is 0.0589. The summed E-state index contributed by atoms with van der Waals surface area (Å²) in [6.07, 6.45) is 2.44. The number of rotatable bonds is 8. The highest BCUT2D eigenvalue weighted by Crippen LogP contribution is 2.44. The Morgan fingerprint density at radius 2 is 1.67 bits per heavy atom. The van der Waals surface area contributed by atoms with E-state index >= 15 is 0 Å². The number of hydrogen-bond donors (Lipinski definition) is 3. The first kappa shape index (κ1) is 22.8. The van der Waals surface area contributed by atoms with Crippen LogP contribution in [0.4, 0.5) is 4.79 Å². The van der Waals surface area contributed by atoms with Gasteiger partial charge in [0.05, 0.1) is 5.92 Å². The third-order valence-corrected chi connectivity index (χ3v) is 6.69. The van der Waals surface area contributed by atoms with Crippen molar-refractivity contribution < 1.29 is 24.2 Å². The van der Waals surface area contributed by atoms with Gasteiger partial charge in [-0.25, -0.2) is 4.79 Å². The minimum atomic E-state index is -0.894. The molecular formula is C26H30N2O5. The molecule has 7 heteroatoms. The lowest BCUT2D eigenvalue weighted by molar-refractivity contribution is -0.142. The Bertz CT molecular complexity index is 991. The number of benzene rings is 2.